The lowest BCUT2D eigenvalue weighted by molar-refractivity contribution is 0.0930. The Morgan fingerprint density at radius 1 is 1.44 bits per heavy atom. The summed E-state index contributed by atoms with van der Waals surface area (Å²) >= 11 is 7.34. The molecule has 92 valence electrons. The van der Waals surface area contributed by atoms with E-state index in [2.05, 4.69) is 10.3 Å². The predicted octanol–water partition coefficient (Wildman–Crippen LogP) is 3.22. The van der Waals surface area contributed by atoms with Crippen LogP contribution >= 0.6 is 22.9 Å². The molecule has 0 radical (unpaired) electrons. The maximum atomic E-state index is 12.0. The lowest BCUT2D eigenvalue weighted by atomic mass is 10.1. The summed E-state index contributed by atoms with van der Waals surface area (Å²) in [5.41, 5.74) is 0.827. The Bertz CT molecular complexity index is 578. The van der Waals surface area contributed by atoms with Gasteiger partial charge in [0, 0.05) is 16.6 Å². The first-order valence-electron chi connectivity index (χ1n) is 5.68. The smallest absolute Gasteiger partial charge is 0.280 e. The van der Waals surface area contributed by atoms with Crippen LogP contribution in [0.4, 0.5) is 0 Å². The van der Waals surface area contributed by atoms with E-state index in [4.69, 9.17) is 11.6 Å². The molecule has 1 aromatic carbocycles. The van der Waals surface area contributed by atoms with Crippen LogP contribution in [0.3, 0.4) is 0 Å². The molecule has 0 saturated heterocycles. The van der Waals surface area contributed by atoms with Crippen molar-refractivity contribution in [2.45, 2.75) is 18.4 Å². The zero-order valence-corrected chi connectivity index (χ0v) is 11.1. The molecule has 5 heteroatoms. The second kappa shape index (κ2) is 4.37. The van der Waals surface area contributed by atoms with E-state index in [1.54, 1.807) is 11.6 Å². The zero-order chi connectivity index (χ0) is 12.6. The van der Waals surface area contributed by atoms with Gasteiger partial charge in [0.25, 0.3) is 5.91 Å². The molecular weight excluding hydrogens is 268 g/mol. The number of nitrogens with zero attached hydrogens (tertiary/aromatic N) is 1. The average molecular weight is 279 g/mol. The van der Waals surface area contributed by atoms with Crippen LogP contribution in [-0.4, -0.2) is 10.9 Å². The highest BCUT2D eigenvalue weighted by molar-refractivity contribution is 7.11. The van der Waals surface area contributed by atoms with Crippen LogP contribution in [0.5, 0.6) is 0 Å². The summed E-state index contributed by atoms with van der Waals surface area (Å²) in [6.45, 7) is 0. The number of hydrogen-bond donors (Lipinski definition) is 1. The summed E-state index contributed by atoms with van der Waals surface area (Å²) in [4.78, 5) is 16.0. The van der Waals surface area contributed by atoms with Gasteiger partial charge in [0.2, 0.25) is 0 Å². The Balaban J connectivity index is 1.82. The first kappa shape index (κ1) is 11.7. The van der Waals surface area contributed by atoms with Crippen LogP contribution in [0.25, 0.3) is 0 Å². The monoisotopic (exact) mass is 278 g/mol. The predicted molar refractivity (Wildman–Crippen MR) is 71.9 cm³/mol. The molecule has 3 rings (SSSR count). The van der Waals surface area contributed by atoms with E-state index in [0.717, 1.165) is 18.4 Å². The van der Waals surface area contributed by atoms with Crippen molar-refractivity contribution in [1.82, 2.24) is 10.3 Å². The third kappa shape index (κ3) is 2.13. The number of thiazole rings is 1. The summed E-state index contributed by atoms with van der Waals surface area (Å²) in [6.07, 6.45) is 3.54. The van der Waals surface area contributed by atoms with E-state index in [0.29, 0.717) is 10.0 Å². The number of hydrogen-bond acceptors (Lipinski definition) is 3. The number of carbonyl (C=O) groups is 1. The molecule has 1 aliphatic rings. The van der Waals surface area contributed by atoms with Gasteiger partial charge in [0.15, 0.2) is 5.01 Å². The van der Waals surface area contributed by atoms with Gasteiger partial charge in [-0.15, -0.1) is 11.3 Å². The van der Waals surface area contributed by atoms with Gasteiger partial charge in [-0.05, 0) is 30.5 Å². The average Bonchev–Trinajstić information content (AvgIpc) is 2.93. The fraction of sp³-hybridized carbons (Fsp3) is 0.231. The molecule has 18 heavy (non-hydrogen) atoms. The molecule has 1 saturated carbocycles. The fourth-order valence-electron chi connectivity index (χ4n) is 2.00. The van der Waals surface area contributed by atoms with E-state index in [-0.39, 0.29) is 11.4 Å². The van der Waals surface area contributed by atoms with Gasteiger partial charge in [-0.3, -0.25) is 4.79 Å². The number of aromatic nitrogens is 1. The quantitative estimate of drug-likeness (QED) is 0.937. The summed E-state index contributed by atoms with van der Waals surface area (Å²) in [7, 11) is 0. The third-order valence-electron chi connectivity index (χ3n) is 3.11. The number of amides is 1. The lowest BCUT2D eigenvalue weighted by Gasteiger charge is -2.17. The van der Waals surface area contributed by atoms with Gasteiger partial charge < -0.3 is 5.32 Å². The topological polar surface area (TPSA) is 42.0 Å². The highest BCUT2D eigenvalue weighted by atomic mass is 35.5. The first-order chi connectivity index (χ1) is 8.70. The zero-order valence-electron chi connectivity index (χ0n) is 9.52. The minimum absolute atomic E-state index is 0.109. The van der Waals surface area contributed by atoms with Gasteiger partial charge >= 0.3 is 0 Å². The molecule has 3 nitrogen and oxygen atoms in total. The second-order valence-electron chi connectivity index (χ2n) is 4.38. The molecule has 1 N–H and O–H groups in total. The Morgan fingerprint density at radius 2 is 2.28 bits per heavy atom. The molecule has 1 heterocycles. The van der Waals surface area contributed by atoms with E-state index in [1.165, 1.54) is 11.3 Å². The molecule has 1 amide bonds. The minimum Gasteiger partial charge on any atom is -0.340 e. The number of nitrogens with one attached hydrogen (secondary N) is 1. The van der Waals surface area contributed by atoms with Crippen molar-refractivity contribution in [3.63, 3.8) is 0 Å². The van der Waals surface area contributed by atoms with E-state index < -0.39 is 0 Å². The summed E-state index contributed by atoms with van der Waals surface area (Å²) < 4.78 is 0. The third-order valence-corrected chi connectivity index (χ3v) is 4.11. The van der Waals surface area contributed by atoms with Gasteiger partial charge in [-0.25, -0.2) is 4.98 Å². The van der Waals surface area contributed by atoms with Crippen molar-refractivity contribution in [2.75, 3.05) is 0 Å². The van der Waals surface area contributed by atoms with Crippen LogP contribution in [0.1, 0.15) is 28.2 Å². The number of benzene rings is 1. The Kier molecular flexibility index (Phi) is 2.84. The number of halogens is 1. The van der Waals surface area contributed by atoms with Gasteiger partial charge in [0.05, 0.1) is 5.54 Å². The molecule has 0 spiro atoms. The van der Waals surface area contributed by atoms with Gasteiger partial charge in [-0.2, -0.15) is 0 Å². The van der Waals surface area contributed by atoms with Crippen LogP contribution in [0.15, 0.2) is 35.8 Å². The van der Waals surface area contributed by atoms with E-state index in [1.807, 2.05) is 24.3 Å². The van der Waals surface area contributed by atoms with Crippen LogP contribution in [-0.2, 0) is 5.54 Å². The maximum Gasteiger partial charge on any atom is 0.280 e. The summed E-state index contributed by atoms with van der Waals surface area (Å²) in [5.74, 6) is -0.109. The fourth-order valence-corrected chi connectivity index (χ4v) is 2.72. The molecule has 0 aliphatic heterocycles. The van der Waals surface area contributed by atoms with Crippen molar-refractivity contribution in [3.05, 3.63) is 51.4 Å². The van der Waals surface area contributed by atoms with Gasteiger partial charge in [0.1, 0.15) is 0 Å². The van der Waals surface area contributed by atoms with Crippen molar-refractivity contribution >= 4 is 28.8 Å². The Labute approximate surface area is 114 Å². The normalized spacial score (nSPS) is 16.3. The molecule has 2 aromatic rings. The molecule has 0 unspecified atom stereocenters. The SMILES string of the molecule is O=C(NC1(c2cccc(Cl)c2)CC1)c1nccs1. The summed E-state index contributed by atoms with van der Waals surface area (Å²) in [6, 6.07) is 7.66. The van der Waals surface area contributed by atoms with E-state index in [9.17, 15) is 4.79 Å². The lowest BCUT2D eigenvalue weighted by Crippen LogP contribution is -2.34. The van der Waals surface area contributed by atoms with Crippen molar-refractivity contribution in [1.29, 1.82) is 0 Å². The maximum absolute atomic E-state index is 12.0. The Morgan fingerprint density at radius 3 is 2.89 bits per heavy atom. The van der Waals surface area contributed by atoms with Crippen molar-refractivity contribution in [3.8, 4) is 0 Å². The van der Waals surface area contributed by atoms with Crippen molar-refractivity contribution < 1.29 is 4.79 Å². The highest BCUT2D eigenvalue weighted by Gasteiger charge is 2.46. The molecule has 1 aliphatic carbocycles. The molecule has 1 aromatic heterocycles. The van der Waals surface area contributed by atoms with Crippen LogP contribution in [0.2, 0.25) is 5.02 Å². The Hall–Kier alpha value is -1.39. The minimum atomic E-state index is -0.242. The van der Waals surface area contributed by atoms with Gasteiger partial charge in [-0.1, -0.05) is 23.7 Å². The standard InChI is InChI=1S/C13H11ClN2OS/c14-10-3-1-2-9(8-10)13(4-5-13)16-11(17)12-15-6-7-18-12/h1-3,6-8H,4-5H2,(H,16,17). The molecule has 1 fully saturated rings. The number of carbonyl (C=O) groups excluding carboxylic acids is 1. The van der Waals surface area contributed by atoms with Crippen molar-refractivity contribution in [2.24, 2.45) is 0 Å². The molecule has 0 atom stereocenters. The number of rotatable bonds is 3. The first-order valence-corrected chi connectivity index (χ1v) is 6.93. The molecular formula is C13H11ClN2OS. The van der Waals surface area contributed by atoms with E-state index >= 15 is 0 Å². The highest BCUT2D eigenvalue weighted by Crippen LogP contribution is 2.46. The largest absolute Gasteiger partial charge is 0.340 e. The summed E-state index contributed by atoms with van der Waals surface area (Å²) in [5, 5.41) is 6.06. The molecule has 0 bridgehead atoms. The second-order valence-corrected chi connectivity index (χ2v) is 5.71. The van der Waals surface area contributed by atoms with Crippen LogP contribution < -0.4 is 5.32 Å². The van der Waals surface area contributed by atoms with Crippen LogP contribution in [0, 0.1) is 0 Å².